The number of thioether (sulfide) groups is 1. The number of nitrogens with one attached hydrogen (secondary N) is 1. The summed E-state index contributed by atoms with van der Waals surface area (Å²) in [6, 6.07) is 17.7. The van der Waals surface area contributed by atoms with Crippen LogP contribution < -0.4 is 14.8 Å². The van der Waals surface area contributed by atoms with Gasteiger partial charge < -0.3 is 14.8 Å². The molecule has 1 atom stereocenters. The van der Waals surface area contributed by atoms with Gasteiger partial charge in [0.25, 0.3) is 0 Å². The van der Waals surface area contributed by atoms with Crippen LogP contribution in [0.2, 0.25) is 0 Å². The normalized spacial score (nSPS) is 15.9. The number of fused-ring (bicyclic) bond motifs is 1. The highest BCUT2D eigenvalue weighted by Crippen LogP contribution is 2.30. The van der Waals surface area contributed by atoms with Gasteiger partial charge in [0.15, 0.2) is 11.5 Å². The highest BCUT2D eigenvalue weighted by molar-refractivity contribution is 7.99. The molecular weight excluding hydrogens is 310 g/mol. The maximum atomic E-state index is 11.9. The van der Waals surface area contributed by atoms with Crippen molar-refractivity contribution in [2.75, 3.05) is 18.9 Å². The minimum absolute atomic E-state index is 0.0379. The van der Waals surface area contributed by atoms with E-state index in [1.54, 1.807) is 11.8 Å². The van der Waals surface area contributed by atoms with E-state index in [-0.39, 0.29) is 12.0 Å². The molecule has 1 N–H and O–H groups in total. The first-order chi connectivity index (χ1) is 11.3. The molecule has 0 aromatic heterocycles. The van der Waals surface area contributed by atoms with Gasteiger partial charge in [-0.3, -0.25) is 4.79 Å². The van der Waals surface area contributed by atoms with E-state index < -0.39 is 0 Å². The maximum Gasteiger partial charge on any atom is 0.220 e. The van der Waals surface area contributed by atoms with E-state index in [1.807, 2.05) is 54.6 Å². The van der Waals surface area contributed by atoms with Gasteiger partial charge in [-0.05, 0) is 24.3 Å². The van der Waals surface area contributed by atoms with Crippen LogP contribution in [0.3, 0.4) is 0 Å². The molecule has 0 unspecified atom stereocenters. The molecular formula is C18H19NO3S. The van der Waals surface area contributed by atoms with Gasteiger partial charge in [0.2, 0.25) is 5.91 Å². The number of ether oxygens (including phenoxy) is 2. The van der Waals surface area contributed by atoms with E-state index in [4.69, 9.17) is 9.47 Å². The molecule has 1 aliphatic rings. The Morgan fingerprint density at radius 2 is 1.83 bits per heavy atom. The fourth-order valence-electron chi connectivity index (χ4n) is 2.26. The van der Waals surface area contributed by atoms with Crippen molar-refractivity contribution in [3.05, 3.63) is 54.6 Å². The van der Waals surface area contributed by atoms with Crippen molar-refractivity contribution in [1.29, 1.82) is 0 Å². The van der Waals surface area contributed by atoms with Gasteiger partial charge in [-0.15, -0.1) is 11.8 Å². The van der Waals surface area contributed by atoms with Crippen molar-refractivity contribution in [1.82, 2.24) is 5.32 Å². The molecule has 2 aromatic carbocycles. The van der Waals surface area contributed by atoms with E-state index in [9.17, 15) is 4.79 Å². The van der Waals surface area contributed by atoms with Crippen LogP contribution in [0.15, 0.2) is 59.5 Å². The molecule has 4 nitrogen and oxygen atoms in total. The van der Waals surface area contributed by atoms with Gasteiger partial charge in [-0.1, -0.05) is 30.3 Å². The van der Waals surface area contributed by atoms with Crippen molar-refractivity contribution >= 4 is 17.7 Å². The zero-order valence-electron chi connectivity index (χ0n) is 12.7. The molecule has 0 saturated carbocycles. The molecule has 5 heteroatoms. The fraction of sp³-hybridized carbons (Fsp3) is 0.278. The second-order valence-electron chi connectivity index (χ2n) is 5.21. The topological polar surface area (TPSA) is 47.6 Å². The fourth-order valence-corrected chi connectivity index (χ4v) is 3.13. The lowest BCUT2D eigenvalue weighted by Crippen LogP contribution is -2.40. The van der Waals surface area contributed by atoms with Crippen LogP contribution in [0.25, 0.3) is 0 Å². The van der Waals surface area contributed by atoms with Gasteiger partial charge in [0, 0.05) is 17.1 Å². The van der Waals surface area contributed by atoms with Crippen LogP contribution in [0.4, 0.5) is 0 Å². The molecule has 0 fully saturated rings. The lowest BCUT2D eigenvalue weighted by molar-refractivity contribution is -0.121. The van der Waals surface area contributed by atoms with Crippen molar-refractivity contribution in [3.63, 3.8) is 0 Å². The minimum atomic E-state index is -0.143. The first-order valence-corrected chi connectivity index (χ1v) is 8.63. The molecule has 0 bridgehead atoms. The monoisotopic (exact) mass is 329 g/mol. The van der Waals surface area contributed by atoms with Gasteiger partial charge in [0.05, 0.1) is 6.54 Å². The number of carbonyl (C=O) groups is 1. The molecule has 1 aliphatic heterocycles. The second kappa shape index (κ2) is 7.92. The molecule has 1 heterocycles. The zero-order chi connectivity index (χ0) is 15.9. The summed E-state index contributed by atoms with van der Waals surface area (Å²) in [5, 5.41) is 2.91. The summed E-state index contributed by atoms with van der Waals surface area (Å²) < 4.78 is 11.4. The number of rotatable bonds is 6. The van der Waals surface area contributed by atoms with E-state index in [1.165, 1.54) is 4.90 Å². The highest BCUT2D eigenvalue weighted by Gasteiger charge is 2.20. The second-order valence-corrected chi connectivity index (χ2v) is 6.38. The Balaban J connectivity index is 1.37. The summed E-state index contributed by atoms with van der Waals surface area (Å²) in [4.78, 5) is 13.1. The summed E-state index contributed by atoms with van der Waals surface area (Å²) in [6.07, 6.45) is 0.347. The molecule has 1 amide bonds. The average Bonchev–Trinajstić information content (AvgIpc) is 2.61. The number of benzene rings is 2. The zero-order valence-corrected chi connectivity index (χ0v) is 13.6. The predicted molar refractivity (Wildman–Crippen MR) is 91.1 cm³/mol. The van der Waals surface area contributed by atoms with E-state index in [0.717, 1.165) is 17.3 Å². The molecule has 0 saturated heterocycles. The van der Waals surface area contributed by atoms with E-state index >= 15 is 0 Å². The van der Waals surface area contributed by atoms with Crippen LogP contribution in [0, 0.1) is 0 Å². The molecule has 0 radical (unpaired) electrons. The lowest BCUT2D eigenvalue weighted by atomic mass is 10.2. The lowest BCUT2D eigenvalue weighted by Gasteiger charge is -2.26. The minimum Gasteiger partial charge on any atom is -0.486 e. The summed E-state index contributed by atoms with van der Waals surface area (Å²) in [7, 11) is 0. The number of carbonyl (C=O) groups excluding carboxylic acids is 1. The largest absolute Gasteiger partial charge is 0.486 e. The standard InChI is InChI=1S/C18H19NO3S/c20-18(10-11-23-15-6-2-1-3-7-15)19-12-14-13-21-16-8-4-5-9-17(16)22-14/h1-9,14H,10-13H2,(H,19,20)/t14-/m1/s1. The average molecular weight is 329 g/mol. The third kappa shape index (κ3) is 4.66. The van der Waals surface area contributed by atoms with Crippen LogP contribution in [0.5, 0.6) is 11.5 Å². The summed E-state index contributed by atoms with van der Waals surface area (Å²) in [5.41, 5.74) is 0. The van der Waals surface area contributed by atoms with Crippen molar-refractivity contribution in [2.45, 2.75) is 17.4 Å². The molecule has 0 aliphatic carbocycles. The Kier molecular flexibility index (Phi) is 5.42. The Morgan fingerprint density at radius 1 is 1.09 bits per heavy atom. The maximum absolute atomic E-state index is 11.9. The Labute approximate surface area is 140 Å². The molecule has 3 rings (SSSR count). The van der Waals surface area contributed by atoms with E-state index in [2.05, 4.69) is 5.32 Å². The van der Waals surface area contributed by atoms with Crippen molar-refractivity contribution < 1.29 is 14.3 Å². The predicted octanol–water partition coefficient (Wildman–Crippen LogP) is 3.13. The third-order valence-corrected chi connectivity index (χ3v) is 4.45. The van der Waals surface area contributed by atoms with E-state index in [0.29, 0.717) is 19.6 Å². The third-order valence-electron chi connectivity index (χ3n) is 3.44. The molecule has 2 aromatic rings. The smallest absolute Gasteiger partial charge is 0.220 e. The van der Waals surface area contributed by atoms with Crippen LogP contribution in [-0.2, 0) is 4.79 Å². The highest BCUT2D eigenvalue weighted by atomic mass is 32.2. The van der Waals surface area contributed by atoms with Crippen molar-refractivity contribution in [3.8, 4) is 11.5 Å². The number of para-hydroxylation sites is 2. The SMILES string of the molecule is O=C(CCSc1ccccc1)NC[C@@H]1COc2ccccc2O1. The van der Waals surface area contributed by atoms with Crippen LogP contribution in [0.1, 0.15) is 6.42 Å². The van der Waals surface area contributed by atoms with Gasteiger partial charge in [-0.2, -0.15) is 0 Å². The Hall–Kier alpha value is -2.14. The van der Waals surface area contributed by atoms with Gasteiger partial charge >= 0.3 is 0 Å². The molecule has 23 heavy (non-hydrogen) atoms. The Bertz CT molecular complexity index is 648. The summed E-state index contributed by atoms with van der Waals surface area (Å²) >= 11 is 1.68. The number of hydrogen-bond acceptors (Lipinski definition) is 4. The quantitative estimate of drug-likeness (QED) is 0.827. The number of hydrogen-bond donors (Lipinski definition) is 1. The molecule has 120 valence electrons. The van der Waals surface area contributed by atoms with Crippen LogP contribution in [-0.4, -0.2) is 30.9 Å². The van der Waals surface area contributed by atoms with Crippen LogP contribution >= 0.6 is 11.8 Å². The van der Waals surface area contributed by atoms with Gasteiger partial charge in [-0.25, -0.2) is 0 Å². The Morgan fingerprint density at radius 3 is 2.65 bits per heavy atom. The molecule has 0 spiro atoms. The van der Waals surface area contributed by atoms with Gasteiger partial charge in [0.1, 0.15) is 12.7 Å². The first-order valence-electron chi connectivity index (χ1n) is 7.64. The summed E-state index contributed by atoms with van der Waals surface area (Å²) in [6.45, 7) is 0.916. The summed E-state index contributed by atoms with van der Waals surface area (Å²) in [5.74, 6) is 2.30. The van der Waals surface area contributed by atoms with Crippen molar-refractivity contribution in [2.24, 2.45) is 0 Å². The number of amides is 1. The first kappa shape index (κ1) is 15.7.